The van der Waals surface area contributed by atoms with Crippen molar-refractivity contribution in [3.63, 3.8) is 0 Å². The Balaban J connectivity index is 1.68. The van der Waals surface area contributed by atoms with E-state index in [-0.39, 0.29) is 5.54 Å². The van der Waals surface area contributed by atoms with Crippen molar-refractivity contribution in [1.82, 2.24) is 20.3 Å². The number of ether oxygens (including phenoxy) is 1. The number of rotatable bonds is 6. The van der Waals surface area contributed by atoms with E-state index in [1.165, 1.54) is 23.5 Å². The van der Waals surface area contributed by atoms with Crippen molar-refractivity contribution in [1.29, 1.82) is 0 Å². The number of fused-ring (bicyclic) bond motifs is 1. The zero-order chi connectivity index (χ0) is 23.6. The van der Waals surface area contributed by atoms with E-state index in [4.69, 9.17) is 4.74 Å². The topological polar surface area (TPSA) is 59.9 Å². The number of alkyl halides is 3. The van der Waals surface area contributed by atoms with Crippen LogP contribution in [-0.2, 0) is 12.6 Å². The van der Waals surface area contributed by atoms with E-state index in [2.05, 4.69) is 41.0 Å². The monoisotopic (exact) mass is 472 g/mol. The van der Waals surface area contributed by atoms with Gasteiger partial charge in [-0.2, -0.15) is 18.2 Å². The number of thiazole rings is 1. The zero-order valence-corrected chi connectivity index (χ0v) is 19.2. The van der Waals surface area contributed by atoms with Gasteiger partial charge in [-0.25, -0.2) is 9.97 Å². The highest BCUT2D eigenvalue weighted by Crippen LogP contribution is 2.33. The number of nitrogens with one attached hydrogen (secondary N) is 1. The number of hydrogen-bond acceptors (Lipinski definition) is 6. The second-order valence-electron chi connectivity index (χ2n) is 8.57. The molecule has 0 fully saturated rings. The normalized spacial score (nSPS) is 12.3. The molecule has 0 atom stereocenters. The average Bonchev–Trinajstić information content (AvgIpc) is 3.22. The zero-order valence-electron chi connectivity index (χ0n) is 18.4. The predicted molar refractivity (Wildman–Crippen MR) is 124 cm³/mol. The molecular formula is C24H23F3N4OS. The molecule has 5 nitrogen and oxygen atoms in total. The van der Waals surface area contributed by atoms with Crippen molar-refractivity contribution in [2.24, 2.45) is 0 Å². The van der Waals surface area contributed by atoms with Gasteiger partial charge in [0.2, 0.25) is 5.88 Å². The van der Waals surface area contributed by atoms with Crippen LogP contribution in [0.1, 0.15) is 32.2 Å². The van der Waals surface area contributed by atoms with E-state index >= 15 is 0 Å². The van der Waals surface area contributed by atoms with Crippen LogP contribution in [0.3, 0.4) is 0 Å². The van der Waals surface area contributed by atoms with Crippen LogP contribution >= 0.6 is 11.3 Å². The van der Waals surface area contributed by atoms with Crippen LogP contribution in [0.5, 0.6) is 11.6 Å². The molecule has 172 valence electrons. The summed E-state index contributed by atoms with van der Waals surface area (Å²) < 4.78 is 46.0. The van der Waals surface area contributed by atoms with Gasteiger partial charge in [-0.05, 0) is 45.0 Å². The molecule has 4 rings (SSSR count). The summed E-state index contributed by atoms with van der Waals surface area (Å²) >= 11 is 1.51. The van der Waals surface area contributed by atoms with Crippen molar-refractivity contribution in [3.8, 4) is 22.9 Å². The van der Waals surface area contributed by atoms with E-state index in [1.54, 1.807) is 11.6 Å². The van der Waals surface area contributed by atoms with Crippen LogP contribution in [0.4, 0.5) is 13.2 Å². The molecule has 0 unspecified atom stereocenters. The molecule has 2 heterocycles. The first kappa shape index (κ1) is 23.1. The van der Waals surface area contributed by atoms with Gasteiger partial charge in [-0.3, -0.25) is 0 Å². The molecule has 0 aliphatic rings. The van der Waals surface area contributed by atoms with Gasteiger partial charge in [-0.15, -0.1) is 11.3 Å². The maximum atomic E-state index is 13.0. The molecule has 1 N–H and O–H groups in total. The number of nitrogens with zero attached hydrogens (tertiary/aromatic N) is 3. The second-order valence-corrected chi connectivity index (χ2v) is 9.45. The van der Waals surface area contributed by atoms with Gasteiger partial charge in [0.05, 0.1) is 21.5 Å². The van der Waals surface area contributed by atoms with Crippen LogP contribution < -0.4 is 10.1 Å². The Morgan fingerprint density at radius 2 is 1.76 bits per heavy atom. The van der Waals surface area contributed by atoms with Crippen molar-refractivity contribution in [2.75, 3.05) is 6.54 Å². The van der Waals surface area contributed by atoms with Crippen LogP contribution in [0.25, 0.3) is 21.5 Å². The van der Waals surface area contributed by atoms with E-state index in [0.29, 0.717) is 41.7 Å². The Kier molecular flexibility index (Phi) is 6.36. The van der Waals surface area contributed by atoms with Crippen molar-refractivity contribution in [2.45, 2.75) is 38.9 Å². The fourth-order valence-electron chi connectivity index (χ4n) is 3.22. The molecule has 0 aliphatic carbocycles. The largest absolute Gasteiger partial charge is 0.437 e. The summed E-state index contributed by atoms with van der Waals surface area (Å²) in [4.78, 5) is 13.5. The summed E-state index contributed by atoms with van der Waals surface area (Å²) in [5.41, 5.74) is 2.74. The van der Waals surface area contributed by atoms with E-state index in [9.17, 15) is 13.2 Å². The molecule has 0 bridgehead atoms. The Bertz CT molecular complexity index is 1250. The SMILES string of the molecule is CC(C)(C)NCCc1nc(Oc2cccc3scnc23)cc(-c2ccc(C(F)(F)F)cc2)n1. The summed E-state index contributed by atoms with van der Waals surface area (Å²) in [6.45, 7) is 6.83. The lowest BCUT2D eigenvalue weighted by atomic mass is 10.1. The summed E-state index contributed by atoms with van der Waals surface area (Å²) in [5.74, 6) is 1.40. The highest BCUT2D eigenvalue weighted by atomic mass is 32.1. The fraction of sp³-hybridized carbons (Fsp3) is 0.292. The highest BCUT2D eigenvalue weighted by molar-refractivity contribution is 7.16. The third-order valence-corrected chi connectivity index (χ3v) is 5.59. The summed E-state index contributed by atoms with van der Waals surface area (Å²) in [6.07, 6.45) is -3.86. The van der Waals surface area contributed by atoms with Crippen LogP contribution in [0, 0.1) is 0 Å². The maximum Gasteiger partial charge on any atom is 0.416 e. The standard InChI is InChI=1S/C24H23F3N4OS/c1-23(2,3)29-12-11-20-30-17(15-7-9-16(10-8-15)24(25,26)27)13-21(31-20)32-18-5-4-6-19-22(18)28-14-33-19/h4-10,13-14,29H,11-12H2,1-3H3. The van der Waals surface area contributed by atoms with Crippen LogP contribution in [0.2, 0.25) is 0 Å². The third kappa shape index (κ3) is 5.85. The van der Waals surface area contributed by atoms with Gasteiger partial charge in [-0.1, -0.05) is 18.2 Å². The molecule has 33 heavy (non-hydrogen) atoms. The number of halogens is 3. The number of aromatic nitrogens is 3. The number of para-hydroxylation sites is 1. The van der Waals surface area contributed by atoms with Crippen molar-refractivity contribution >= 4 is 21.6 Å². The van der Waals surface area contributed by atoms with E-state index < -0.39 is 11.7 Å². The Morgan fingerprint density at radius 3 is 2.45 bits per heavy atom. The minimum absolute atomic E-state index is 0.0649. The van der Waals surface area contributed by atoms with Gasteiger partial charge in [0.25, 0.3) is 0 Å². The number of benzene rings is 2. The molecule has 0 spiro atoms. The lowest BCUT2D eigenvalue weighted by Crippen LogP contribution is -2.37. The van der Waals surface area contributed by atoms with Gasteiger partial charge >= 0.3 is 6.18 Å². The minimum atomic E-state index is -4.39. The van der Waals surface area contributed by atoms with Gasteiger partial charge in [0.15, 0.2) is 5.75 Å². The van der Waals surface area contributed by atoms with Crippen molar-refractivity contribution < 1.29 is 17.9 Å². The van der Waals surface area contributed by atoms with E-state index in [0.717, 1.165) is 22.3 Å². The van der Waals surface area contributed by atoms with Gasteiger partial charge in [0, 0.05) is 30.1 Å². The first-order valence-corrected chi connectivity index (χ1v) is 11.3. The number of hydrogen-bond donors (Lipinski definition) is 1. The van der Waals surface area contributed by atoms with E-state index in [1.807, 2.05) is 18.2 Å². The molecule has 2 aromatic heterocycles. The van der Waals surface area contributed by atoms with Gasteiger partial charge < -0.3 is 10.1 Å². The molecule has 9 heteroatoms. The van der Waals surface area contributed by atoms with Crippen LogP contribution in [0.15, 0.2) is 54.0 Å². The van der Waals surface area contributed by atoms with Crippen molar-refractivity contribution in [3.05, 3.63) is 65.4 Å². The first-order chi connectivity index (χ1) is 15.6. The molecule has 0 radical (unpaired) electrons. The lowest BCUT2D eigenvalue weighted by molar-refractivity contribution is -0.137. The van der Waals surface area contributed by atoms with Crippen LogP contribution in [-0.4, -0.2) is 27.0 Å². The third-order valence-electron chi connectivity index (χ3n) is 4.80. The highest BCUT2D eigenvalue weighted by Gasteiger charge is 2.30. The molecule has 4 aromatic rings. The first-order valence-electron chi connectivity index (χ1n) is 10.4. The molecular weight excluding hydrogens is 449 g/mol. The lowest BCUT2D eigenvalue weighted by Gasteiger charge is -2.20. The molecule has 0 saturated carbocycles. The summed E-state index contributed by atoms with van der Waals surface area (Å²) in [6, 6.07) is 12.2. The average molecular weight is 473 g/mol. The Hall–Kier alpha value is -3.04. The second kappa shape index (κ2) is 9.07. The summed E-state index contributed by atoms with van der Waals surface area (Å²) in [7, 11) is 0. The fourth-order valence-corrected chi connectivity index (χ4v) is 3.91. The predicted octanol–water partition coefficient (Wildman–Crippen LogP) is 6.50. The minimum Gasteiger partial charge on any atom is -0.437 e. The van der Waals surface area contributed by atoms with Gasteiger partial charge in [0.1, 0.15) is 11.3 Å². The maximum absolute atomic E-state index is 13.0. The quantitative estimate of drug-likeness (QED) is 0.347. The molecule has 0 saturated heterocycles. The Labute approximate surface area is 193 Å². The smallest absolute Gasteiger partial charge is 0.416 e. The molecule has 0 aliphatic heterocycles. The molecule has 2 aromatic carbocycles. The Morgan fingerprint density at radius 1 is 1.00 bits per heavy atom. The molecule has 0 amide bonds. The summed E-state index contributed by atoms with van der Waals surface area (Å²) in [5, 5.41) is 3.39.